The summed E-state index contributed by atoms with van der Waals surface area (Å²) in [5.41, 5.74) is 2.31. The van der Waals surface area contributed by atoms with E-state index in [2.05, 4.69) is 31.3 Å². The molecule has 0 aliphatic carbocycles. The van der Waals surface area contributed by atoms with Crippen molar-refractivity contribution in [2.24, 2.45) is 0 Å². The highest BCUT2D eigenvalue weighted by atomic mass is 16.1. The molecule has 0 radical (unpaired) electrons. The summed E-state index contributed by atoms with van der Waals surface area (Å²) in [5, 5.41) is 8.04. The number of pyridine rings is 1. The molecule has 3 aromatic rings. The summed E-state index contributed by atoms with van der Waals surface area (Å²) < 4.78 is 1.61. The lowest BCUT2D eigenvalue weighted by Crippen LogP contribution is -2.39. The van der Waals surface area contributed by atoms with Crippen LogP contribution in [-0.4, -0.2) is 49.4 Å². The molecule has 0 unspecified atom stereocenters. The van der Waals surface area contributed by atoms with Crippen LogP contribution in [0.15, 0.2) is 42.7 Å². The van der Waals surface area contributed by atoms with Crippen molar-refractivity contribution in [2.75, 3.05) is 18.4 Å². The summed E-state index contributed by atoms with van der Waals surface area (Å²) in [5.74, 6) is 0.742. The van der Waals surface area contributed by atoms with Crippen LogP contribution in [0.5, 0.6) is 0 Å². The summed E-state index contributed by atoms with van der Waals surface area (Å²) in [6.45, 7) is 4.48. The van der Waals surface area contributed by atoms with E-state index in [0.29, 0.717) is 17.4 Å². The molecule has 7 nitrogen and oxygen atoms in total. The molecule has 1 aliphatic heterocycles. The predicted octanol–water partition coefficient (Wildman–Crippen LogP) is 2.40. The molecule has 1 fully saturated rings. The van der Waals surface area contributed by atoms with Crippen LogP contribution in [0.25, 0.3) is 5.65 Å². The summed E-state index contributed by atoms with van der Waals surface area (Å²) >= 11 is 0. The van der Waals surface area contributed by atoms with Gasteiger partial charge in [0.2, 0.25) is 0 Å². The Morgan fingerprint density at radius 2 is 2.04 bits per heavy atom. The van der Waals surface area contributed by atoms with E-state index in [1.165, 1.54) is 6.92 Å². The van der Waals surface area contributed by atoms with Crippen LogP contribution in [0.1, 0.15) is 35.9 Å². The fourth-order valence-electron chi connectivity index (χ4n) is 3.36. The molecule has 26 heavy (non-hydrogen) atoms. The summed E-state index contributed by atoms with van der Waals surface area (Å²) in [4.78, 5) is 22.7. The van der Waals surface area contributed by atoms with Gasteiger partial charge in [0, 0.05) is 38.8 Å². The molecule has 7 heteroatoms. The number of carbonyl (C=O) groups is 1. The molecule has 0 bridgehead atoms. The van der Waals surface area contributed by atoms with Gasteiger partial charge in [0.05, 0.1) is 11.9 Å². The van der Waals surface area contributed by atoms with E-state index in [0.717, 1.165) is 44.0 Å². The van der Waals surface area contributed by atoms with Crippen LogP contribution in [0.3, 0.4) is 0 Å². The van der Waals surface area contributed by atoms with Crippen molar-refractivity contribution < 1.29 is 4.79 Å². The van der Waals surface area contributed by atoms with Gasteiger partial charge in [0.25, 0.3) is 0 Å². The minimum Gasteiger partial charge on any atom is -0.366 e. The van der Waals surface area contributed by atoms with Gasteiger partial charge in [-0.2, -0.15) is 0 Å². The summed E-state index contributed by atoms with van der Waals surface area (Å²) in [7, 11) is 0. The Bertz CT molecular complexity index is 899. The highest BCUT2D eigenvalue weighted by molar-refractivity contribution is 5.92. The van der Waals surface area contributed by atoms with Crippen LogP contribution < -0.4 is 5.32 Å². The fraction of sp³-hybridized carbons (Fsp3) is 0.368. The Kier molecular flexibility index (Phi) is 4.62. The third-order valence-electron chi connectivity index (χ3n) is 4.77. The van der Waals surface area contributed by atoms with Crippen LogP contribution in [0.4, 0.5) is 5.82 Å². The molecule has 0 saturated carbocycles. The maximum atomic E-state index is 11.7. The highest BCUT2D eigenvalue weighted by Gasteiger charge is 2.20. The first-order valence-corrected chi connectivity index (χ1v) is 8.93. The van der Waals surface area contributed by atoms with Crippen molar-refractivity contribution in [1.82, 2.24) is 24.5 Å². The fourth-order valence-corrected chi connectivity index (χ4v) is 3.36. The number of Topliss-reactive ketones (excluding diaryl/α,β-unsaturated/α-hetero) is 1. The van der Waals surface area contributed by atoms with E-state index >= 15 is 0 Å². The summed E-state index contributed by atoms with van der Waals surface area (Å²) in [6, 6.07) is 10.2. The molecule has 1 saturated heterocycles. The molecule has 0 amide bonds. The van der Waals surface area contributed by atoms with Crippen LogP contribution in [0.2, 0.25) is 0 Å². The van der Waals surface area contributed by atoms with Gasteiger partial charge in [0.1, 0.15) is 11.5 Å². The van der Waals surface area contributed by atoms with E-state index in [-0.39, 0.29) is 5.78 Å². The van der Waals surface area contributed by atoms with Gasteiger partial charge in [-0.3, -0.25) is 14.7 Å². The van der Waals surface area contributed by atoms with Gasteiger partial charge in [-0.15, -0.1) is 5.10 Å². The van der Waals surface area contributed by atoms with Gasteiger partial charge < -0.3 is 5.32 Å². The number of nitrogens with one attached hydrogen (secondary N) is 1. The standard InChI is InChI=1S/C19H22N6O/c1-14(26)17-12-21-19-6-5-18(23-25(17)19)22-15-7-10-24(11-8-15)13-16-4-2-3-9-20-16/h2-6,9,12,15H,7-8,10-11,13H2,1H3,(H,22,23). The molecule has 1 aliphatic rings. The first kappa shape index (κ1) is 16.7. The average molecular weight is 350 g/mol. The number of fused-ring (bicyclic) bond motifs is 1. The smallest absolute Gasteiger partial charge is 0.179 e. The molecule has 4 rings (SSSR count). The van der Waals surface area contributed by atoms with Crippen molar-refractivity contribution in [2.45, 2.75) is 32.4 Å². The van der Waals surface area contributed by atoms with Gasteiger partial charge in [-0.25, -0.2) is 9.50 Å². The highest BCUT2D eigenvalue weighted by Crippen LogP contribution is 2.17. The lowest BCUT2D eigenvalue weighted by atomic mass is 10.0. The number of piperidine rings is 1. The second kappa shape index (κ2) is 7.21. The molecule has 0 atom stereocenters. The van der Waals surface area contributed by atoms with Gasteiger partial charge in [-0.05, 0) is 37.1 Å². The molecule has 4 heterocycles. The van der Waals surface area contributed by atoms with Crippen LogP contribution in [0, 0.1) is 0 Å². The zero-order valence-corrected chi connectivity index (χ0v) is 14.8. The number of aromatic nitrogens is 4. The largest absolute Gasteiger partial charge is 0.366 e. The van der Waals surface area contributed by atoms with E-state index in [1.807, 2.05) is 30.5 Å². The van der Waals surface area contributed by atoms with Crippen molar-refractivity contribution in [1.29, 1.82) is 0 Å². The normalized spacial score (nSPS) is 16.0. The van der Waals surface area contributed by atoms with Gasteiger partial charge in [0.15, 0.2) is 11.4 Å². The van der Waals surface area contributed by atoms with E-state index < -0.39 is 0 Å². The first-order valence-electron chi connectivity index (χ1n) is 8.93. The maximum absolute atomic E-state index is 11.7. The Morgan fingerprint density at radius 3 is 2.77 bits per heavy atom. The lowest BCUT2D eigenvalue weighted by Gasteiger charge is -2.32. The number of rotatable bonds is 5. The molecule has 3 aromatic heterocycles. The second-order valence-corrected chi connectivity index (χ2v) is 6.70. The van der Waals surface area contributed by atoms with Crippen molar-refractivity contribution >= 4 is 17.2 Å². The van der Waals surface area contributed by atoms with E-state index in [4.69, 9.17) is 0 Å². The molecule has 0 aromatic carbocycles. The third-order valence-corrected chi connectivity index (χ3v) is 4.77. The molecular weight excluding hydrogens is 328 g/mol. The van der Waals surface area contributed by atoms with Crippen molar-refractivity contribution in [3.63, 3.8) is 0 Å². The lowest BCUT2D eigenvalue weighted by molar-refractivity contribution is 0.101. The monoisotopic (exact) mass is 350 g/mol. The SMILES string of the molecule is CC(=O)c1cnc2ccc(NC3CCN(Cc4ccccn4)CC3)nn12. The second-order valence-electron chi connectivity index (χ2n) is 6.70. The Balaban J connectivity index is 1.37. The molecule has 134 valence electrons. The minimum atomic E-state index is -0.0371. The molecule has 0 spiro atoms. The molecule has 1 N–H and O–H groups in total. The van der Waals surface area contributed by atoms with E-state index in [1.54, 1.807) is 10.7 Å². The predicted molar refractivity (Wildman–Crippen MR) is 99.2 cm³/mol. The van der Waals surface area contributed by atoms with Crippen molar-refractivity contribution in [3.8, 4) is 0 Å². The first-order chi connectivity index (χ1) is 12.7. The van der Waals surface area contributed by atoms with Crippen molar-refractivity contribution in [3.05, 3.63) is 54.1 Å². The Hall–Kier alpha value is -2.80. The third kappa shape index (κ3) is 3.57. The molecular formula is C19H22N6O. The number of ketones is 1. The maximum Gasteiger partial charge on any atom is 0.179 e. The minimum absolute atomic E-state index is 0.0371. The number of likely N-dealkylation sites (tertiary alicyclic amines) is 1. The van der Waals surface area contributed by atoms with Gasteiger partial charge >= 0.3 is 0 Å². The number of carbonyl (C=O) groups excluding carboxylic acids is 1. The number of nitrogens with zero attached hydrogens (tertiary/aromatic N) is 5. The number of hydrogen-bond donors (Lipinski definition) is 1. The average Bonchev–Trinajstić information content (AvgIpc) is 3.08. The van der Waals surface area contributed by atoms with E-state index in [9.17, 15) is 4.79 Å². The summed E-state index contributed by atoms with van der Waals surface area (Å²) in [6.07, 6.45) is 5.52. The van der Waals surface area contributed by atoms with Gasteiger partial charge in [-0.1, -0.05) is 6.07 Å². The quantitative estimate of drug-likeness (QED) is 0.712. The Labute approximate surface area is 152 Å². The topological polar surface area (TPSA) is 75.4 Å². The Morgan fingerprint density at radius 1 is 1.19 bits per heavy atom. The van der Waals surface area contributed by atoms with Crippen LogP contribution in [-0.2, 0) is 6.54 Å². The number of anilines is 1. The zero-order chi connectivity index (χ0) is 17.9. The number of imidazole rings is 1. The number of hydrogen-bond acceptors (Lipinski definition) is 6. The zero-order valence-electron chi connectivity index (χ0n) is 14.8. The van der Waals surface area contributed by atoms with Crippen LogP contribution >= 0.6 is 0 Å².